The van der Waals surface area contributed by atoms with E-state index in [0.717, 1.165) is 12.1 Å². The number of hydrogen-bond acceptors (Lipinski definition) is 5. The zero-order valence-electron chi connectivity index (χ0n) is 6.81. The van der Waals surface area contributed by atoms with Gasteiger partial charge in [0.2, 0.25) is 0 Å². The largest absolute Gasteiger partial charge is 0.508 e. The minimum absolute atomic E-state index is 0.173. The summed E-state index contributed by atoms with van der Waals surface area (Å²) >= 11 is 0. The molecule has 2 N–H and O–H groups in total. The quantitative estimate of drug-likeness (QED) is 0.536. The number of ketones is 1. The summed E-state index contributed by atoms with van der Waals surface area (Å²) in [6, 6.07) is 1.99. The molecule has 0 bridgehead atoms. The van der Waals surface area contributed by atoms with E-state index in [-0.39, 0.29) is 17.0 Å². The van der Waals surface area contributed by atoms with Crippen LogP contribution in [0.2, 0.25) is 0 Å². The lowest BCUT2D eigenvalue weighted by Crippen LogP contribution is -1.93. The van der Waals surface area contributed by atoms with Gasteiger partial charge < -0.3 is 10.2 Å². The SMILES string of the molecule is CC(=O)c1c(O)cc(O)cc1N=O. The fourth-order valence-corrected chi connectivity index (χ4v) is 1.03. The van der Waals surface area contributed by atoms with Gasteiger partial charge in [-0.1, -0.05) is 0 Å². The number of carbonyl (C=O) groups is 1. The molecule has 0 amide bonds. The second kappa shape index (κ2) is 3.22. The molecule has 1 rings (SSSR count). The Hall–Kier alpha value is -1.91. The van der Waals surface area contributed by atoms with Gasteiger partial charge in [0.15, 0.2) is 5.78 Å². The number of nitroso groups, excluding NO2 is 1. The number of aromatic hydroxyl groups is 2. The van der Waals surface area contributed by atoms with Crippen molar-refractivity contribution in [3.05, 3.63) is 22.6 Å². The van der Waals surface area contributed by atoms with Gasteiger partial charge >= 0.3 is 0 Å². The number of Topliss-reactive ketones (excluding diaryl/α,β-unsaturated/α-hetero) is 1. The maximum Gasteiger partial charge on any atom is 0.165 e. The van der Waals surface area contributed by atoms with Crippen LogP contribution in [0.5, 0.6) is 11.5 Å². The standard InChI is InChI=1S/C8H7NO4/c1-4(10)8-6(9-13)2-5(11)3-7(8)12/h2-3,11-12H,1H3. The first-order chi connectivity index (χ1) is 6.06. The predicted octanol–water partition coefficient (Wildman–Crippen LogP) is 1.70. The third-order valence-electron chi connectivity index (χ3n) is 1.53. The molecule has 0 unspecified atom stereocenters. The summed E-state index contributed by atoms with van der Waals surface area (Å²) in [5, 5.41) is 20.7. The summed E-state index contributed by atoms with van der Waals surface area (Å²) in [4.78, 5) is 21.1. The Morgan fingerprint density at radius 2 is 2.00 bits per heavy atom. The van der Waals surface area contributed by atoms with Crippen molar-refractivity contribution in [1.29, 1.82) is 0 Å². The van der Waals surface area contributed by atoms with Crippen molar-refractivity contribution in [2.45, 2.75) is 6.92 Å². The minimum atomic E-state index is -0.480. The van der Waals surface area contributed by atoms with E-state index in [2.05, 4.69) is 5.18 Å². The number of rotatable bonds is 2. The van der Waals surface area contributed by atoms with E-state index < -0.39 is 11.5 Å². The Kier molecular flexibility index (Phi) is 2.27. The highest BCUT2D eigenvalue weighted by Gasteiger charge is 2.14. The van der Waals surface area contributed by atoms with E-state index in [1.165, 1.54) is 6.92 Å². The molecule has 0 fully saturated rings. The van der Waals surface area contributed by atoms with Gasteiger partial charge in [-0.3, -0.25) is 4.79 Å². The molecular formula is C8H7NO4. The Bertz CT molecular complexity index is 373. The maximum atomic E-state index is 10.9. The molecule has 1 aromatic carbocycles. The van der Waals surface area contributed by atoms with Crippen molar-refractivity contribution in [3.63, 3.8) is 0 Å². The van der Waals surface area contributed by atoms with Crippen LogP contribution in [0, 0.1) is 4.91 Å². The lowest BCUT2D eigenvalue weighted by molar-refractivity contribution is 0.101. The average molecular weight is 181 g/mol. The fraction of sp³-hybridized carbons (Fsp3) is 0.125. The molecule has 0 saturated carbocycles. The van der Waals surface area contributed by atoms with Crippen LogP contribution in [0.25, 0.3) is 0 Å². The number of nitrogens with zero attached hydrogens (tertiary/aromatic N) is 1. The van der Waals surface area contributed by atoms with Crippen LogP contribution in [0.4, 0.5) is 5.69 Å². The molecular weight excluding hydrogens is 174 g/mol. The molecule has 0 heterocycles. The van der Waals surface area contributed by atoms with Crippen molar-refractivity contribution in [1.82, 2.24) is 0 Å². The highest BCUT2D eigenvalue weighted by Crippen LogP contribution is 2.32. The normalized spacial score (nSPS) is 9.62. The lowest BCUT2D eigenvalue weighted by atomic mass is 10.1. The highest BCUT2D eigenvalue weighted by molar-refractivity contribution is 6.01. The molecule has 0 aliphatic carbocycles. The molecule has 0 spiro atoms. The van der Waals surface area contributed by atoms with E-state index in [1.54, 1.807) is 0 Å². The van der Waals surface area contributed by atoms with E-state index in [1.807, 2.05) is 0 Å². The second-order valence-corrected chi connectivity index (χ2v) is 2.51. The summed E-state index contributed by atoms with van der Waals surface area (Å²) in [5.41, 5.74) is -0.433. The zero-order chi connectivity index (χ0) is 10.0. The Morgan fingerprint density at radius 3 is 2.46 bits per heavy atom. The van der Waals surface area contributed by atoms with Gasteiger partial charge in [-0.2, -0.15) is 0 Å². The third-order valence-corrected chi connectivity index (χ3v) is 1.53. The topological polar surface area (TPSA) is 87.0 Å². The number of carbonyl (C=O) groups excluding carboxylic acids is 1. The summed E-state index contributed by atoms with van der Waals surface area (Å²) < 4.78 is 0. The molecule has 68 valence electrons. The second-order valence-electron chi connectivity index (χ2n) is 2.51. The lowest BCUT2D eigenvalue weighted by Gasteiger charge is -2.02. The van der Waals surface area contributed by atoms with Crippen LogP contribution in [-0.4, -0.2) is 16.0 Å². The zero-order valence-corrected chi connectivity index (χ0v) is 6.81. The molecule has 5 heteroatoms. The summed E-state index contributed by atoms with van der Waals surface area (Å²) in [5.74, 6) is -1.23. The minimum Gasteiger partial charge on any atom is -0.508 e. The number of hydrogen-bond donors (Lipinski definition) is 2. The monoisotopic (exact) mass is 181 g/mol. The fourth-order valence-electron chi connectivity index (χ4n) is 1.03. The first-order valence-electron chi connectivity index (χ1n) is 3.46. The molecule has 0 radical (unpaired) electrons. The van der Waals surface area contributed by atoms with Crippen LogP contribution >= 0.6 is 0 Å². The maximum absolute atomic E-state index is 10.9. The summed E-state index contributed by atoms with van der Waals surface area (Å²) in [6.07, 6.45) is 0. The Labute approximate surface area is 73.6 Å². The predicted molar refractivity (Wildman–Crippen MR) is 45.2 cm³/mol. The van der Waals surface area contributed by atoms with Crippen LogP contribution < -0.4 is 0 Å². The van der Waals surface area contributed by atoms with Gasteiger partial charge in [-0.05, 0) is 12.1 Å². The Balaban J connectivity index is 3.47. The van der Waals surface area contributed by atoms with E-state index in [9.17, 15) is 14.8 Å². The molecule has 1 aromatic rings. The molecule has 0 aliphatic rings. The van der Waals surface area contributed by atoms with Crippen LogP contribution in [0.1, 0.15) is 17.3 Å². The van der Waals surface area contributed by atoms with Gasteiger partial charge in [-0.15, -0.1) is 4.91 Å². The van der Waals surface area contributed by atoms with Gasteiger partial charge in [0, 0.05) is 12.1 Å². The van der Waals surface area contributed by atoms with Crippen LogP contribution in [-0.2, 0) is 0 Å². The number of benzene rings is 1. The highest BCUT2D eigenvalue weighted by atomic mass is 16.3. The van der Waals surface area contributed by atoms with Crippen molar-refractivity contribution in [2.75, 3.05) is 0 Å². The molecule has 5 nitrogen and oxygen atoms in total. The van der Waals surface area contributed by atoms with Crippen molar-refractivity contribution in [2.24, 2.45) is 5.18 Å². The molecule has 13 heavy (non-hydrogen) atoms. The van der Waals surface area contributed by atoms with Crippen molar-refractivity contribution < 1.29 is 15.0 Å². The number of phenols is 2. The molecule has 0 aliphatic heterocycles. The first-order valence-corrected chi connectivity index (χ1v) is 3.46. The van der Waals surface area contributed by atoms with Crippen molar-refractivity contribution >= 4 is 11.5 Å². The van der Waals surface area contributed by atoms with E-state index >= 15 is 0 Å². The molecule has 0 aromatic heterocycles. The third kappa shape index (κ3) is 1.64. The van der Waals surface area contributed by atoms with Gasteiger partial charge in [0.1, 0.15) is 17.2 Å². The summed E-state index contributed by atoms with van der Waals surface area (Å²) in [6.45, 7) is 1.20. The summed E-state index contributed by atoms with van der Waals surface area (Å²) in [7, 11) is 0. The van der Waals surface area contributed by atoms with E-state index in [4.69, 9.17) is 5.11 Å². The van der Waals surface area contributed by atoms with Gasteiger partial charge in [-0.25, -0.2) is 0 Å². The van der Waals surface area contributed by atoms with Crippen molar-refractivity contribution in [3.8, 4) is 11.5 Å². The van der Waals surface area contributed by atoms with Crippen LogP contribution in [0.15, 0.2) is 17.3 Å². The van der Waals surface area contributed by atoms with E-state index in [0.29, 0.717) is 0 Å². The Morgan fingerprint density at radius 1 is 1.38 bits per heavy atom. The van der Waals surface area contributed by atoms with Gasteiger partial charge in [0.25, 0.3) is 0 Å². The average Bonchev–Trinajstić information content (AvgIpc) is 2.01. The smallest absolute Gasteiger partial charge is 0.165 e. The number of phenolic OH excluding ortho intramolecular Hbond substituents is 2. The molecule has 0 atom stereocenters. The van der Waals surface area contributed by atoms with Gasteiger partial charge in [0.05, 0.1) is 5.56 Å². The van der Waals surface area contributed by atoms with Crippen LogP contribution in [0.3, 0.4) is 0 Å². The first kappa shape index (κ1) is 9.18. The molecule has 0 saturated heterocycles.